The van der Waals surface area contributed by atoms with Crippen molar-refractivity contribution >= 4 is 5.91 Å². The van der Waals surface area contributed by atoms with Crippen molar-refractivity contribution in [2.24, 2.45) is 5.41 Å². The van der Waals surface area contributed by atoms with E-state index in [0.717, 1.165) is 19.4 Å². The van der Waals surface area contributed by atoms with Crippen molar-refractivity contribution in [3.05, 3.63) is 35.9 Å². The fourth-order valence-electron chi connectivity index (χ4n) is 3.12. The summed E-state index contributed by atoms with van der Waals surface area (Å²) in [6.07, 6.45) is 4.59. The number of hydrogen-bond donors (Lipinski definition) is 1. The predicted octanol–water partition coefficient (Wildman–Crippen LogP) is 2.45. The van der Waals surface area contributed by atoms with Crippen LogP contribution in [0.3, 0.4) is 0 Å². The van der Waals surface area contributed by atoms with Crippen molar-refractivity contribution < 1.29 is 4.79 Å². The minimum Gasteiger partial charge on any atom is -0.321 e. The van der Waals surface area contributed by atoms with Crippen molar-refractivity contribution in [3.8, 4) is 0 Å². The van der Waals surface area contributed by atoms with Gasteiger partial charge in [0.05, 0.1) is 0 Å². The number of carbonyl (C=O) groups is 1. The van der Waals surface area contributed by atoms with Crippen LogP contribution >= 0.6 is 0 Å². The van der Waals surface area contributed by atoms with E-state index < -0.39 is 0 Å². The quantitative estimate of drug-likeness (QED) is 0.901. The van der Waals surface area contributed by atoms with E-state index >= 15 is 0 Å². The summed E-state index contributed by atoms with van der Waals surface area (Å²) in [5, 5.41) is 3.58. The van der Waals surface area contributed by atoms with E-state index in [2.05, 4.69) is 41.4 Å². The van der Waals surface area contributed by atoms with Gasteiger partial charge >= 0.3 is 0 Å². The summed E-state index contributed by atoms with van der Waals surface area (Å²) in [7, 11) is 0. The van der Waals surface area contributed by atoms with Crippen molar-refractivity contribution in [2.45, 2.75) is 44.3 Å². The third kappa shape index (κ3) is 1.79. The molecule has 1 spiro atoms. The second-order valence-corrected chi connectivity index (χ2v) is 6.78. The van der Waals surface area contributed by atoms with E-state index in [-0.39, 0.29) is 11.7 Å². The van der Waals surface area contributed by atoms with E-state index in [0.29, 0.717) is 11.3 Å². The Bertz CT molecular complexity index is 517. The molecule has 1 aromatic rings. The van der Waals surface area contributed by atoms with Gasteiger partial charge < -0.3 is 4.90 Å². The van der Waals surface area contributed by atoms with Crippen LogP contribution in [0, 0.1) is 5.41 Å². The number of rotatable bonds is 3. The molecular formula is C16H20N2O. The van der Waals surface area contributed by atoms with Gasteiger partial charge in [0.2, 0.25) is 5.91 Å². The summed E-state index contributed by atoms with van der Waals surface area (Å²) >= 11 is 0. The molecule has 1 heterocycles. The smallest absolute Gasteiger partial charge is 0.244 e. The standard InChI is InChI=1S/C16H20N2O/c1-15(7-8-15)11-18-13(12-5-3-2-4-6-12)17-16(9-10-16)14(18)19/h2-6,13,17H,7-11H2,1H3. The first-order valence-corrected chi connectivity index (χ1v) is 7.26. The number of nitrogens with zero attached hydrogens (tertiary/aromatic N) is 1. The Hall–Kier alpha value is -1.35. The summed E-state index contributed by atoms with van der Waals surface area (Å²) < 4.78 is 0. The highest BCUT2D eigenvalue weighted by molar-refractivity contribution is 5.92. The highest BCUT2D eigenvalue weighted by Crippen LogP contribution is 2.51. The Morgan fingerprint density at radius 3 is 2.47 bits per heavy atom. The lowest BCUT2D eigenvalue weighted by atomic mass is 10.1. The van der Waals surface area contributed by atoms with E-state index in [4.69, 9.17) is 0 Å². The Morgan fingerprint density at radius 2 is 1.89 bits per heavy atom. The van der Waals surface area contributed by atoms with E-state index in [1.165, 1.54) is 18.4 Å². The Kier molecular flexibility index (Phi) is 2.17. The second-order valence-electron chi connectivity index (χ2n) is 6.78. The van der Waals surface area contributed by atoms with Crippen molar-refractivity contribution in [1.82, 2.24) is 10.2 Å². The number of nitrogens with one attached hydrogen (secondary N) is 1. The highest BCUT2D eigenvalue weighted by atomic mass is 16.2. The van der Waals surface area contributed by atoms with Crippen LogP contribution < -0.4 is 5.32 Å². The molecule has 1 aliphatic heterocycles. The van der Waals surface area contributed by atoms with Gasteiger partial charge in [-0.25, -0.2) is 0 Å². The zero-order valence-electron chi connectivity index (χ0n) is 11.4. The van der Waals surface area contributed by atoms with Crippen LogP contribution in [0.4, 0.5) is 0 Å². The maximum absolute atomic E-state index is 12.6. The molecule has 1 amide bonds. The lowest BCUT2D eigenvalue weighted by molar-refractivity contribution is -0.131. The molecule has 2 aliphatic carbocycles. The van der Waals surface area contributed by atoms with Crippen LogP contribution in [0.5, 0.6) is 0 Å². The molecule has 19 heavy (non-hydrogen) atoms. The second kappa shape index (κ2) is 3.60. The molecule has 3 fully saturated rings. The van der Waals surface area contributed by atoms with Gasteiger partial charge in [-0.2, -0.15) is 0 Å². The van der Waals surface area contributed by atoms with E-state index in [1.54, 1.807) is 0 Å². The Labute approximate surface area is 114 Å². The topological polar surface area (TPSA) is 32.3 Å². The van der Waals surface area contributed by atoms with Gasteiger partial charge in [-0.3, -0.25) is 10.1 Å². The molecule has 1 aromatic carbocycles. The molecule has 4 rings (SSSR count). The van der Waals surface area contributed by atoms with Crippen molar-refractivity contribution in [2.75, 3.05) is 6.54 Å². The molecule has 3 aliphatic rings. The summed E-state index contributed by atoms with van der Waals surface area (Å²) in [5.74, 6) is 0.328. The number of carbonyl (C=O) groups excluding carboxylic acids is 1. The third-order valence-corrected chi connectivity index (χ3v) is 4.92. The van der Waals surface area contributed by atoms with E-state index in [9.17, 15) is 4.79 Å². The maximum Gasteiger partial charge on any atom is 0.244 e. The summed E-state index contributed by atoms with van der Waals surface area (Å²) in [4.78, 5) is 14.7. The molecule has 3 nitrogen and oxygen atoms in total. The van der Waals surface area contributed by atoms with Gasteiger partial charge in [0.1, 0.15) is 11.7 Å². The lowest BCUT2D eigenvalue weighted by Gasteiger charge is -2.27. The molecule has 3 heteroatoms. The first kappa shape index (κ1) is 11.5. The third-order valence-electron chi connectivity index (χ3n) is 4.92. The van der Waals surface area contributed by atoms with Gasteiger partial charge in [-0.1, -0.05) is 37.3 Å². The molecule has 1 atom stereocenters. The predicted molar refractivity (Wildman–Crippen MR) is 73.3 cm³/mol. The highest BCUT2D eigenvalue weighted by Gasteiger charge is 2.60. The minimum absolute atomic E-state index is 0.0774. The molecule has 1 saturated heterocycles. The van der Waals surface area contributed by atoms with Gasteiger partial charge in [0.15, 0.2) is 0 Å². The molecule has 1 N–H and O–H groups in total. The number of benzene rings is 1. The fourth-order valence-corrected chi connectivity index (χ4v) is 3.12. The van der Waals surface area contributed by atoms with Gasteiger partial charge in [-0.05, 0) is 36.7 Å². The molecule has 100 valence electrons. The lowest BCUT2D eigenvalue weighted by Crippen LogP contribution is -2.35. The summed E-state index contributed by atoms with van der Waals surface area (Å²) in [6.45, 7) is 3.19. The largest absolute Gasteiger partial charge is 0.321 e. The first-order valence-electron chi connectivity index (χ1n) is 7.26. The van der Waals surface area contributed by atoms with Crippen molar-refractivity contribution in [3.63, 3.8) is 0 Å². The normalized spacial score (nSPS) is 29.8. The summed E-state index contributed by atoms with van der Waals surface area (Å²) in [6, 6.07) is 10.4. The van der Waals surface area contributed by atoms with Crippen LogP contribution in [0.1, 0.15) is 44.3 Å². The van der Waals surface area contributed by atoms with Crippen molar-refractivity contribution in [1.29, 1.82) is 0 Å². The molecule has 0 bridgehead atoms. The van der Waals surface area contributed by atoms with Crippen LogP contribution in [0.25, 0.3) is 0 Å². The van der Waals surface area contributed by atoms with Gasteiger partial charge in [0, 0.05) is 6.54 Å². The van der Waals surface area contributed by atoms with Crippen LogP contribution in [-0.4, -0.2) is 22.9 Å². The summed E-state index contributed by atoms with van der Waals surface area (Å²) in [5.41, 5.74) is 1.36. The SMILES string of the molecule is CC1(CN2C(=O)C3(CC3)NC2c2ccccc2)CC1. The molecule has 2 saturated carbocycles. The monoisotopic (exact) mass is 256 g/mol. The Morgan fingerprint density at radius 1 is 1.21 bits per heavy atom. The maximum atomic E-state index is 12.6. The zero-order chi connectivity index (χ0) is 13.1. The van der Waals surface area contributed by atoms with E-state index in [1.807, 2.05) is 6.07 Å². The Balaban J connectivity index is 1.66. The molecule has 0 radical (unpaired) electrons. The molecule has 1 unspecified atom stereocenters. The zero-order valence-corrected chi connectivity index (χ0v) is 11.4. The molecular weight excluding hydrogens is 236 g/mol. The average molecular weight is 256 g/mol. The van der Waals surface area contributed by atoms with Gasteiger partial charge in [-0.15, -0.1) is 0 Å². The minimum atomic E-state index is -0.217. The van der Waals surface area contributed by atoms with Crippen LogP contribution in [-0.2, 0) is 4.79 Å². The first-order chi connectivity index (χ1) is 9.12. The number of amides is 1. The van der Waals surface area contributed by atoms with Gasteiger partial charge in [0.25, 0.3) is 0 Å². The van der Waals surface area contributed by atoms with Crippen LogP contribution in [0.2, 0.25) is 0 Å². The molecule has 0 aromatic heterocycles. The fraction of sp³-hybridized carbons (Fsp3) is 0.562. The number of hydrogen-bond acceptors (Lipinski definition) is 2. The van der Waals surface area contributed by atoms with Crippen LogP contribution in [0.15, 0.2) is 30.3 Å². The average Bonchev–Trinajstić information content (AvgIpc) is 3.32.